The first-order valence-corrected chi connectivity index (χ1v) is 14.0. The number of carbonyl (C=O) groups is 4. The van der Waals surface area contributed by atoms with Crippen molar-refractivity contribution in [1.82, 2.24) is 19.5 Å². The average molecular weight is 586 g/mol. The number of amides is 1. The second-order valence-corrected chi connectivity index (χ2v) is 11.1. The monoisotopic (exact) mass is 585 g/mol. The Morgan fingerprint density at radius 1 is 1.17 bits per heavy atom. The topological polar surface area (TPSA) is 172 Å². The molecule has 1 aliphatic heterocycles. The van der Waals surface area contributed by atoms with Crippen molar-refractivity contribution in [2.75, 3.05) is 17.7 Å². The third kappa shape index (κ3) is 7.19. The molecule has 1 fully saturated rings. The first-order valence-electron chi connectivity index (χ1n) is 13.0. The van der Waals surface area contributed by atoms with Crippen LogP contribution in [0.1, 0.15) is 50.7 Å². The number of hydrogen-bond acceptors (Lipinski definition) is 11. The molecule has 13 nitrogen and oxygen atoms in total. The Morgan fingerprint density at radius 3 is 2.56 bits per heavy atom. The lowest BCUT2D eigenvalue weighted by molar-refractivity contribution is -0.153. The largest absolute Gasteiger partial charge is 0.459 e. The zero-order chi connectivity index (χ0) is 29.7. The van der Waals surface area contributed by atoms with Crippen LogP contribution in [0.5, 0.6) is 0 Å². The molecule has 1 aromatic carbocycles. The lowest BCUT2D eigenvalue weighted by Gasteiger charge is -2.24. The van der Waals surface area contributed by atoms with E-state index in [4.69, 9.17) is 14.2 Å². The van der Waals surface area contributed by atoms with Crippen molar-refractivity contribution < 1.29 is 33.4 Å². The van der Waals surface area contributed by atoms with Crippen LogP contribution in [-0.2, 0) is 28.6 Å². The summed E-state index contributed by atoms with van der Waals surface area (Å²) in [6.07, 6.45) is -0.902. The van der Waals surface area contributed by atoms with E-state index in [1.807, 2.05) is 0 Å². The van der Waals surface area contributed by atoms with Crippen molar-refractivity contribution in [1.29, 1.82) is 0 Å². The van der Waals surface area contributed by atoms with Crippen molar-refractivity contribution in [3.05, 3.63) is 52.6 Å². The number of nitrogens with zero attached hydrogens (tertiary/aromatic N) is 3. The Hall–Kier alpha value is -4.04. The van der Waals surface area contributed by atoms with E-state index in [1.54, 1.807) is 44.2 Å². The minimum atomic E-state index is -1.00. The second kappa shape index (κ2) is 13.1. The maximum Gasteiger partial charge on any atom is 0.338 e. The summed E-state index contributed by atoms with van der Waals surface area (Å²) in [5, 5.41) is 2.49. The molecule has 218 valence electrons. The zero-order valence-corrected chi connectivity index (χ0v) is 23.8. The van der Waals surface area contributed by atoms with Crippen molar-refractivity contribution >= 4 is 51.8 Å². The van der Waals surface area contributed by atoms with E-state index in [1.165, 1.54) is 24.7 Å². The molecule has 41 heavy (non-hydrogen) atoms. The highest BCUT2D eigenvalue weighted by Crippen LogP contribution is 2.40. The Bertz CT molecular complexity index is 1490. The van der Waals surface area contributed by atoms with Crippen LogP contribution < -0.4 is 10.9 Å². The Labute approximate surface area is 239 Å². The first-order chi connectivity index (χ1) is 19.5. The smallest absolute Gasteiger partial charge is 0.338 e. The van der Waals surface area contributed by atoms with Gasteiger partial charge in [-0.05, 0) is 18.6 Å². The number of esters is 2. The van der Waals surface area contributed by atoms with Gasteiger partial charge in [-0.15, -0.1) is 0 Å². The van der Waals surface area contributed by atoms with Crippen LogP contribution in [0.4, 0.5) is 5.95 Å². The second-order valence-electron chi connectivity index (χ2n) is 9.78. The number of aromatic nitrogens is 4. The molecule has 2 aromatic heterocycles. The normalized spacial score (nSPS) is 20.2. The molecule has 1 amide bonds. The number of H-pyrrole nitrogens is 1. The molecule has 3 aromatic rings. The van der Waals surface area contributed by atoms with Crippen LogP contribution in [0.15, 0.2) is 41.5 Å². The molecule has 2 N–H and O–H groups in total. The molecule has 0 bridgehead atoms. The Kier molecular flexibility index (Phi) is 9.55. The van der Waals surface area contributed by atoms with Crippen LogP contribution >= 0.6 is 11.8 Å². The maximum absolute atomic E-state index is 12.7. The summed E-state index contributed by atoms with van der Waals surface area (Å²) in [5.41, 5.74) is -0.144. The lowest BCUT2D eigenvalue weighted by Crippen LogP contribution is -2.33. The van der Waals surface area contributed by atoms with E-state index >= 15 is 0 Å². The summed E-state index contributed by atoms with van der Waals surface area (Å²) < 4.78 is 19.0. The molecule has 4 rings (SSSR count). The standard InChI is InChI=1S/C27H31N5O8S/c1-14(2)23(35)30-27-29-22-20(24(36)31-27)28-13-32(22)25-21(39-15(3)33)18(10-11-41-16(4)34)19(40-25)12-38-26(37)17-8-6-5-7-9-17/h5-9,13-14,18-19,21,25H,10-12H2,1-4H3,(H2,29,30,31,35,36)/t18-,19-,21-,25-/m1/s1. The lowest BCUT2D eigenvalue weighted by atomic mass is 9.95. The number of hydrogen-bond donors (Lipinski definition) is 2. The van der Waals surface area contributed by atoms with Gasteiger partial charge >= 0.3 is 11.9 Å². The predicted molar refractivity (Wildman–Crippen MR) is 149 cm³/mol. The van der Waals surface area contributed by atoms with Crippen LogP contribution in [0, 0.1) is 11.8 Å². The molecular formula is C27H31N5O8S. The number of aromatic amines is 1. The number of rotatable bonds is 10. The van der Waals surface area contributed by atoms with E-state index in [-0.39, 0.29) is 40.7 Å². The van der Waals surface area contributed by atoms with Crippen molar-refractivity contribution in [3.63, 3.8) is 0 Å². The summed E-state index contributed by atoms with van der Waals surface area (Å²) in [7, 11) is 0. The van der Waals surface area contributed by atoms with Crippen LogP contribution in [-0.4, -0.2) is 67.0 Å². The number of benzene rings is 1. The summed E-state index contributed by atoms with van der Waals surface area (Å²) in [6, 6.07) is 8.46. The number of thioether (sulfide) groups is 1. The van der Waals surface area contributed by atoms with E-state index in [0.717, 1.165) is 11.8 Å². The van der Waals surface area contributed by atoms with E-state index < -0.39 is 41.9 Å². The summed E-state index contributed by atoms with van der Waals surface area (Å²) >= 11 is 1.12. The average Bonchev–Trinajstić information content (AvgIpc) is 3.48. The van der Waals surface area contributed by atoms with E-state index in [2.05, 4.69) is 20.3 Å². The van der Waals surface area contributed by atoms with Gasteiger partial charge in [-0.25, -0.2) is 9.78 Å². The highest BCUT2D eigenvalue weighted by atomic mass is 32.2. The highest BCUT2D eigenvalue weighted by Gasteiger charge is 2.48. The number of anilines is 1. The fraction of sp³-hybridized carbons (Fsp3) is 0.444. The van der Waals surface area contributed by atoms with Crippen LogP contribution in [0.25, 0.3) is 11.2 Å². The van der Waals surface area contributed by atoms with Crippen molar-refractivity contribution in [2.45, 2.75) is 52.6 Å². The molecule has 0 saturated carbocycles. The number of ether oxygens (including phenoxy) is 3. The van der Waals surface area contributed by atoms with Crippen molar-refractivity contribution in [3.8, 4) is 0 Å². The molecule has 0 spiro atoms. The molecule has 0 radical (unpaired) electrons. The molecule has 1 aliphatic rings. The van der Waals surface area contributed by atoms with Gasteiger partial charge in [0.2, 0.25) is 11.9 Å². The van der Waals surface area contributed by atoms with Crippen LogP contribution in [0.3, 0.4) is 0 Å². The minimum absolute atomic E-state index is 0.0136. The van der Waals surface area contributed by atoms with Crippen molar-refractivity contribution in [2.24, 2.45) is 11.8 Å². The summed E-state index contributed by atoms with van der Waals surface area (Å²) in [6.45, 7) is 5.95. The van der Waals surface area contributed by atoms with E-state index in [9.17, 15) is 24.0 Å². The molecule has 0 aliphatic carbocycles. The van der Waals surface area contributed by atoms with Gasteiger partial charge in [-0.2, -0.15) is 4.98 Å². The fourth-order valence-corrected chi connectivity index (χ4v) is 5.12. The summed E-state index contributed by atoms with van der Waals surface area (Å²) in [4.78, 5) is 72.5. The van der Waals surface area contributed by atoms with Gasteiger partial charge < -0.3 is 14.2 Å². The van der Waals surface area contributed by atoms with Gasteiger partial charge in [0.15, 0.2) is 28.6 Å². The number of carbonyl (C=O) groups excluding carboxylic acids is 4. The molecule has 0 unspecified atom stereocenters. The van der Waals surface area contributed by atoms with Gasteiger partial charge in [0, 0.05) is 31.4 Å². The minimum Gasteiger partial charge on any atom is -0.459 e. The third-order valence-corrected chi connectivity index (χ3v) is 7.26. The SMILES string of the molecule is CC(=O)O[C@@H]1[C@H](CCSC(C)=O)[C@@H](COC(=O)c2ccccc2)O[C@H]1n1cnc2c(=O)[nH]c(NC(=O)C(C)C)nc21. The Balaban J connectivity index is 1.68. The molecule has 4 atom stereocenters. The van der Waals surface area contributed by atoms with Gasteiger partial charge in [-0.3, -0.25) is 34.0 Å². The quantitative estimate of drug-likeness (QED) is 0.335. The van der Waals surface area contributed by atoms with Gasteiger partial charge in [-0.1, -0.05) is 43.8 Å². The number of nitrogens with one attached hydrogen (secondary N) is 2. The molecular weight excluding hydrogens is 554 g/mol. The molecule has 1 saturated heterocycles. The van der Waals surface area contributed by atoms with E-state index in [0.29, 0.717) is 17.7 Å². The van der Waals surface area contributed by atoms with Gasteiger partial charge in [0.25, 0.3) is 5.56 Å². The Morgan fingerprint density at radius 2 is 1.90 bits per heavy atom. The predicted octanol–water partition coefficient (Wildman–Crippen LogP) is 2.69. The van der Waals surface area contributed by atoms with Crippen LogP contribution in [0.2, 0.25) is 0 Å². The molecule has 14 heteroatoms. The zero-order valence-electron chi connectivity index (χ0n) is 23.0. The number of imidazole rings is 1. The highest BCUT2D eigenvalue weighted by molar-refractivity contribution is 8.13. The molecule has 3 heterocycles. The third-order valence-electron chi connectivity index (χ3n) is 6.41. The maximum atomic E-state index is 12.7. The fourth-order valence-electron chi connectivity index (χ4n) is 4.44. The van der Waals surface area contributed by atoms with Gasteiger partial charge in [0.05, 0.1) is 11.9 Å². The summed E-state index contributed by atoms with van der Waals surface area (Å²) in [5.74, 6) is -1.99. The first kappa shape index (κ1) is 29.9. The number of fused-ring (bicyclic) bond motifs is 1. The van der Waals surface area contributed by atoms with Gasteiger partial charge in [0.1, 0.15) is 12.7 Å².